The molecule has 13 heavy (non-hydrogen) atoms. The Kier molecular flexibility index (Phi) is 7.04. The Morgan fingerprint density at radius 3 is 2.23 bits per heavy atom. The van der Waals surface area contributed by atoms with Gasteiger partial charge in [0, 0.05) is 0 Å². The quantitative estimate of drug-likeness (QED) is 0.808. The van der Waals surface area contributed by atoms with Crippen molar-refractivity contribution >= 4 is 42.3 Å². The normalized spacial score (nSPS) is 8.15. The van der Waals surface area contributed by atoms with Crippen LogP contribution in [-0.4, -0.2) is 5.91 Å². The van der Waals surface area contributed by atoms with E-state index in [9.17, 15) is 4.79 Å². The van der Waals surface area contributed by atoms with E-state index in [-0.39, 0.29) is 24.8 Å². The van der Waals surface area contributed by atoms with Crippen LogP contribution in [0.1, 0.15) is 15.9 Å². The van der Waals surface area contributed by atoms with Crippen molar-refractivity contribution in [3.8, 4) is 0 Å². The highest BCUT2D eigenvalue weighted by molar-refractivity contribution is 6.34. The number of hydrogen-bond donors (Lipinski definition) is 1. The smallest absolute Gasteiger partial charge is 0.250 e. The first kappa shape index (κ1) is 15.1. The van der Waals surface area contributed by atoms with Crippen LogP contribution in [0.15, 0.2) is 18.2 Å². The first-order valence-corrected chi connectivity index (χ1v) is 3.55. The molecule has 0 spiro atoms. The van der Waals surface area contributed by atoms with Gasteiger partial charge in [0.2, 0.25) is 5.91 Å². The number of halogens is 3. The second-order valence-corrected chi connectivity index (χ2v) is 2.70. The fourth-order valence-corrected chi connectivity index (χ4v) is 1.26. The summed E-state index contributed by atoms with van der Waals surface area (Å²) in [6.07, 6.45) is 0. The maximum Gasteiger partial charge on any atom is 0.250 e. The second kappa shape index (κ2) is 6.08. The standard InChI is InChI=1S/C8H8ClNO.2ClH/c1-5-3-2-4-6(9)7(5)8(10)11;;/h2-4H,1H3,(H2,10,11);2*1H. The molecule has 1 amide bonds. The number of nitrogens with two attached hydrogens (primary N) is 1. The first-order valence-electron chi connectivity index (χ1n) is 3.18. The number of rotatable bonds is 1. The van der Waals surface area contributed by atoms with E-state index in [2.05, 4.69) is 0 Å². The van der Waals surface area contributed by atoms with Gasteiger partial charge in [0.25, 0.3) is 0 Å². The third kappa shape index (κ3) is 3.43. The van der Waals surface area contributed by atoms with E-state index in [0.29, 0.717) is 10.6 Å². The predicted molar refractivity (Wildman–Crippen MR) is 59.2 cm³/mol. The molecule has 0 fully saturated rings. The highest BCUT2D eigenvalue weighted by Gasteiger charge is 2.07. The average Bonchev–Trinajstić information content (AvgIpc) is 1.85. The third-order valence-corrected chi connectivity index (χ3v) is 1.78. The van der Waals surface area contributed by atoms with Crippen LogP contribution in [0, 0.1) is 6.92 Å². The van der Waals surface area contributed by atoms with Crippen LogP contribution in [0.4, 0.5) is 0 Å². The summed E-state index contributed by atoms with van der Waals surface area (Å²) in [5.74, 6) is -0.479. The van der Waals surface area contributed by atoms with Crippen molar-refractivity contribution in [1.29, 1.82) is 0 Å². The molecule has 5 heteroatoms. The molecule has 0 aliphatic carbocycles. The molecule has 0 radical (unpaired) electrons. The highest BCUT2D eigenvalue weighted by Crippen LogP contribution is 2.18. The van der Waals surface area contributed by atoms with Gasteiger partial charge in [-0.05, 0) is 18.6 Å². The maximum atomic E-state index is 10.8. The molecule has 0 aliphatic rings. The topological polar surface area (TPSA) is 43.1 Å². The van der Waals surface area contributed by atoms with Crippen LogP contribution >= 0.6 is 36.4 Å². The number of hydrogen-bond acceptors (Lipinski definition) is 1. The van der Waals surface area contributed by atoms with Gasteiger partial charge in [-0.2, -0.15) is 0 Å². The predicted octanol–water partition coefficient (Wildman–Crippen LogP) is 2.59. The zero-order valence-electron chi connectivity index (χ0n) is 6.91. The summed E-state index contributed by atoms with van der Waals surface area (Å²) < 4.78 is 0. The molecule has 0 heterocycles. The summed E-state index contributed by atoms with van der Waals surface area (Å²) >= 11 is 5.72. The number of amides is 1. The lowest BCUT2D eigenvalue weighted by Crippen LogP contribution is -2.13. The number of carbonyl (C=O) groups excluding carboxylic acids is 1. The molecule has 0 atom stereocenters. The molecular formula is C8H10Cl3NO. The highest BCUT2D eigenvalue weighted by atomic mass is 35.5. The maximum absolute atomic E-state index is 10.8. The van der Waals surface area contributed by atoms with Crippen molar-refractivity contribution in [1.82, 2.24) is 0 Å². The van der Waals surface area contributed by atoms with Crippen LogP contribution in [0.2, 0.25) is 5.02 Å². The van der Waals surface area contributed by atoms with Crippen LogP contribution in [0.25, 0.3) is 0 Å². The van der Waals surface area contributed by atoms with Crippen LogP contribution < -0.4 is 5.73 Å². The molecule has 0 saturated heterocycles. The van der Waals surface area contributed by atoms with Gasteiger partial charge in [0.05, 0.1) is 10.6 Å². The van der Waals surface area contributed by atoms with E-state index in [0.717, 1.165) is 5.56 Å². The lowest BCUT2D eigenvalue weighted by atomic mass is 10.1. The molecule has 1 aromatic rings. The van der Waals surface area contributed by atoms with Crippen molar-refractivity contribution in [3.63, 3.8) is 0 Å². The molecule has 74 valence electrons. The Hall–Kier alpha value is -0.440. The molecule has 0 saturated carbocycles. The molecule has 0 aliphatic heterocycles. The van der Waals surface area contributed by atoms with Gasteiger partial charge < -0.3 is 5.73 Å². The fourth-order valence-electron chi connectivity index (χ4n) is 0.944. The van der Waals surface area contributed by atoms with Crippen LogP contribution in [0.5, 0.6) is 0 Å². The molecular weight excluding hydrogens is 232 g/mol. The summed E-state index contributed by atoms with van der Waals surface area (Å²) in [6.45, 7) is 1.80. The minimum Gasteiger partial charge on any atom is -0.366 e. The van der Waals surface area contributed by atoms with E-state index in [1.807, 2.05) is 0 Å². The van der Waals surface area contributed by atoms with E-state index in [1.54, 1.807) is 25.1 Å². The molecule has 0 bridgehead atoms. The summed E-state index contributed by atoms with van der Waals surface area (Å²) in [4.78, 5) is 10.8. The van der Waals surface area contributed by atoms with Gasteiger partial charge in [-0.15, -0.1) is 24.8 Å². The molecule has 1 aromatic carbocycles. The van der Waals surface area contributed by atoms with Crippen LogP contribution in [-0.2, 0) is 0 Å². The van der Waals surface area contributed by atoms with Gasteiger partial charge in [-0.1, -0.05) is 23.7 Å². The lowest BCUT2D eigenvalue weighted by molar-refractivity contribution is 0.1000. The molecule has 0 unspecified atom stereocenters. The number of aryl methyl sites for hydroxylation is 1. The molecule has 0 aromatic heterocycles. The van der Waals surface area contributed by atoms with Gasteiger partial charge in [-0.3, -0.25) is 4.79 Å². The van der Waals surface area contributed by atoms with Crippen molar-refractivity contribution in [3.05, 3.63) is 34.3 Å². The summed E-state index contributed by atoms with van der Waals surface area (Å²) in [6, 6.07) is 5.23. The molecule has 1 rings (SSSR count). The average molecular weight is 243 g/mol. The SMILES string of the molecule is Cc1cccc(Cl)c1C(N)=O.Cl.Cl. The second-order valence-electron chi connectivity index (χ2n) is 2.30. The van der Waals surface area contributed by atoms with Crippen molar-refractivity contribution in [2.75, 3.05) is 0 Å². The minimum atomic E-state index is -0.479. The fraction of sp³-hybridized carbons (Fsp3) is 0.125. The molecule has 2 nitrogen and oxygen atoms in total. The van der Waals surface area contributed by atoms with Crippen molar-refractivity contribution in [2.24, 2.45) is 5.73 Å². The largest absolute Gasteiger partial charge is 0.366 e. The summed E-state index contributed by atoms with van der Waals surface area (Å²) in [7, 11) is 0. The molecule has 2 N–H and O–H groups in total. The van der Waals surface area contributed by atoms with E-state index in [4.69, 9.17) is 17.3 Å². The Balaban J connectivity index is 0. The van der Waals surface area contributed by atoms with E-state index in [1.165, 1.54) is 0 Å². The monoisotopic (exact) mass is 241 g/mol. The van der Waals surface area contributed by atoms with Crippen molar-refractivity contribution < 1.29 is 4.79 Å². The van der Waals surface area contributed by atoms with Gasteiger partial charge in [0.1, 0.15) is 0 Å². The number of primary amides is 1. The zero-order chi connectivity index (χ0) is 8.43. The first-order chi connectivity index (χ1) is 5.13. The Labute approximate surface area is 94.3 Å². The van der Waals surface area contributed by atoms with Crippen molar-refractivity contribution in [2.45, 2.75) is 6.92 Å². The zero-order valence-corrected chi connectivity index (χ0v) is 9.30. The van der Waals surface area contributed by atoms with E-state index < -0.39 is 5.91 Å². The summed E-state index contributed by atoms with van der Waals surface area (Å²) in [5.41, 5.74) is 6.31. The lowest BCUT2D eigenvalue weighted by Gasteiger charge is -2.01. The summed E-state index contributed by atoms with van der Waals surface area (Å²) in [5, 5.41) is 0.414. The van der Waals surface area contributed by atoms with Crippen LogP contribution in [0.3, 0.4) is 0 Å². The van der Waals surface area contributed by atoms with Gasteiger partial charge in [0.15, 0.2) is 0 Å². The number of benzene rings is 1. The third-order valence-electron chi connectivity index (χ3n) is 1.47. The Morgan fingerprint density at radius 2 is 1.92 bits per heavy atom. The number of carbonyl (C=O) groups is 1. The van der Waals surface area contributed by atoms with E-state index >= 15 is 0 Å². The Bertz CT molecular complexity index is 281. The Morgan fingerprint density at radius 1 is 1.38 bits per heavy atom. The van der Waals surface area contributed by atoms with Gasteiger partial charge in [-0.25, -0.2) is 0 Å². The van der Waals surface area contributed by atoms with Gasteiger partial charge >= 0.3 is 0 Å². The minimum absolute atomic E-state index is 0.